The molecule has 6 nitrogen and oxygen atoms in total. The molecule has 8 heteroatoms. The van der Waals surface area contributed by atoms with Gasteiger partial charge in [0.2, 0.25) is 10.0 Å². The molecule has 0 saturated carbocycles. The lowest BCUT2D eigenvalue weighted by Gasteiger charge is -2.19. The number of nitrogens with zero attached hydrogens (tertiary/aromatic N) is 1. The van der Waals surface area contributed by atoms with Gasteiger partial charge in [-0.3, -0.25) is 4.79 Å². The summed E-state index contributed by atoms with van der Waals surface area (Å²) in [6.45, 7) is 4.64. The first-order chi connectivity index (χ1) is 13.1. The normalized spacial score (nSPS) is 11.7. The van der Waals surface area contributed by atoms with Crippen molar-refractivity contribution in [1.82, 2.24) is 9.62 Å². The van der Waals surface area contributed by atoms with Gasteiger partial charge in [-0.1, -0.05) is 25.4 Å². The molecule has 2 rings (SSSR count). The van der Waals surface area contributed by atoms with E-state index in [4.69, 9.17) is 16.3 Å². The zero-order chi connectivity index (χ0) is 20.9. The van der Waals surface area contributed by atoms with E-state index in [2.05, 4.69) is 5.32 Å². The van der Waals surface area contributed by atoms with Crippen molar-refractivity contribution >= 4 is 27.5 Å². The Labute approximate surface area is 171 Å². The quantitative estimate of drug-likeness (QED) is 0.703. The zero-order valence-corrected chi connectivity index (χ0v) is 18.0. The van der Waals surface area contributed by atoms with E-state index in [1.54, 1.807) is 18.2 Å². The SMILES string of the molecule is COc1ccc(C(=O)NCC(C)C)cc1CN(C)S(=O)(=O)c1ccc(Cl)cc1. The molecule has 152 valence electrons. The number of nitrogens with one attached hydrogen (secondary N) is 1. The van der Waals surface area contributed by atoms with E-state index in [-0.39, 0.29) is 17.3 Å². The number of methoxy groups -OCH3 is 1. The van der Waals surface area contributed by atoms with Crippen molar-refractivity contribution in [3.63, 3.8) is 0 Å². The third-order valence-corrected chi connectivity index (χ3v) is 6.20. The summed E-state index contributed by atoms with van der Waals surface area (Å²) in [6.07, 6.45) is 0. The Balaban J connectivity index is 2.26. The first-order valence-electron chi connectivity index (χ1n) is 8.82. The van der Waals surface area contributed by atoms with Crippen LogP contribution in [0.25, 0.3) is 0 Å². The number of ether oxygens (including phenoxy) is 1. The Morgan fingerprint density at radius 3 is 2.39 bits per heavy atom. The van der Waals surface area contributed by atoms with Crippen LogP contribution in [0.4, 0.5) is 0 Å². The fraction of sp³-hybridized carbons (Fsp3) is 0.350. The second-order valence-corrected chi connectivity index (χ2v) is 9.33. The number of carbonyl (C=O) groups excluding carboxylic acids is 1. The summed E-state index contributed by atoms with van der Waals surface area (Å²) in [5.41, 5.74) is 1.05. The van der Waals surface area contributed by atoms with Crippen molar-refractivity contribution in [1.29, 1.82) is 0 Å². The van der Waals surface area contributed by atoms with E-state index in [9.17, 15) is 13.2 Å². The van der Waals surface area contributed by atoms with Crippen molar-refractivity contribution < 1.29 is 17.9 Å². The number of carbonyl (C=O) groups is 1. The van der Waals surface area contributed by atoms with Crippen LogP contribution in [0.3, 0.4) is 0 Å². The van der Waals surface area contributed by atoms with Crippen LogP contribution >= 0.6 is 11.6 Å². The van der Waals surface area contributed by atoms with Gasteiger partial charge in [0, 0.05) is 36.3 Å². The molecule has 28 heavy (non-hydrogen) atoms. The molecule has 2 aromatic carbocycles. The van der Waals surface area contributed by atoms with Crippen LogP contribution in [0, 0.1) is 5.92 Å². The molecule has 1 N–H and O–H groups in total. The molecule has 0 fully saturated rings. The van der Waals surface area contributed by atoms with Gasteiger partial charge in [-0.15, -0.1) is 0 Å². The number of amides is 1. The molecule has 0 aliphatic rings. The van der Waals surface area contributed by atoms with E-state index >= 15 is 0 Å². The van der Waals surface area contributed by atoms with Crippen molar-refractivity contribution in [3.8, 4) is 5.75 Å². The summed E-state index contributed by atoms with van der Waals surface area (Å²) < 4.78 is 32.2. The molecule has 0 bridgehead atoms. The van der Waals surface area contributed by atoms with Crippen molar-refractivity contribution in [2.24, 2.45) is 5.92 Å². The molecule has 0 unspecified atom stereocenters. The molecule has 0 aromatic heterocycles. The zero-order valence-electron chi connectivity index (χ0n) is 16.4. The van der Waals surface area contributed by atoms with Crippen LogP contribution in [0.15, 0.2) is 47.4 Å². The highest BCUT2D eigenvalue weighted by molar-refractivity contribution is 7.89. The molecule has 0 heterocycles. The maximum absolute atomic E-state index is 12.8. The van der Waals surface area contributed by atoms with Gasteiger partial charge in [-0.2, -0.15) is 4.31 Å². The van der Waals surface area contributed by atoms with Crippen LogP contribution in [0.1, 0.15) is 29.8 Å². The topological polar surface area (TPSA) is 75.7 Å². The number of halogens is 1. The van der Waals surface area contributed by atoms with Crippen LogP contribution < -0.4 is 10.1 Å². The summed E-state index contributed by atoms with van der Waals surface area (Å²) in [4.78, 5) is 12.5. The number of rotatable bonds is 8. The van der Waals surface area contributed by atoms with E-state index in [1.165, 1.54) is 42.7 Å². The largest absolute Gasteiger partial charge is 0.496 e. The van der Waals surface area contributed by atoms with Gasteiger partial charge in [0.1, 0.15) is 5.75 Å². The molecule has 0 aliphatic heterocycles. The fourth-order valence-corrected chi connectivity index (χ4v) is 3.83. The average molecular weight is 425 g/mol. The van der Waals surface area contributed by atoms with Crippen LogP contribution in [0.2, 0.25) is 5.02 Å². The van der Waals surface area contributed by atoms with Crippen molar-refractivity contribution in [3.05, 3.63) is 58.6 Å². The average Bonchev–Trinajstić information content (AvgIpc) is 2.66. The van der Waals surface area contributed by atoms with Gasteiger partial charge in [0.05, 0.1) is 12.0 Å². The first-order valence-corrected chi connectivity index (χ1v) is 10.6. The van der Waals surface area contributed by atoms with Gasteiger partial charge >= 0.3 is 0 Å². The molecule has 0 atom stereocenters. The Morgan fingerprint density at radius 2 is 1.82 bits per heavy atom. The summed E-state index contributed by atoms with van der Waals surface area (Å²) in [7, 11) is -0.729. The maximum atomic E-state index is 12.8. The van der Waals surface area contributed by atoms with Gasteiger partial charge in [-0.25, -0.2) is 8.42 Å². The predicted octanol–water partition coefficient (Wildman–Crippen LogP) is 3.56. The third kappa shape index (κ3) is 5.47. The molecule has 1 amide bonds. The lowest BCUT2D eigenvalue weighted by Crippen LogP contribution is -2.28. The lowest BCUT2D eigenvalue weighted by molar-refractivity contribution is 0.0949. The van der Waals surface area contributed by atoms with Gasteiger partial charge in [0.15, 0.2) is 0 Å². The minimum Gasteiger partial charge on any atom is -0.496 e. The maximum Gasteiger partial charge on any atom is 0.251 e. The summed E-state index contributed by atoms with van der Waals surface area (Å²) >= 11 is 5.84. The Morgan fingerprint density at radius 1 is 1.18 bits per heavy atom. The molecule has 0 saturated heterocycles. The third-order valence-electron chi connectivity index (χ3n) is 4.13. The number of benzene rings is 2. The number of sulfonamides is 1. The van der Waals surface area contributed by atoms with Crippen molar-refractivity contribution in [2.75, 3.05) is 20.7 Å². The van der Waals surface area contributed by atoms with E-state index in [0.717, 1.165) is 0 Å². The summed E-state index contributed by atoms with van der Waals surface area (Å²) in [6, 6.07) is 11.0. The Kier molecular flexibility index (Phi) is 7.46. The predicted molar refractivity (Wildman–Crippen MR) is 110 cm³/mol. The molecule has 0 radical (unpaired) electrons. The van der Waals surface area contributed by atoms with E-state index in [0.29, 0.717) is 34.4 Å². The summed E-state index contributed by atoms with van der Waals surface area (Å²) in [5, 5.41) is 3.32. The van der Waals surface area contributed by atoms with Gasteiger partial charge in [0.25, 0.3) is 5.91 Å². The molecule has 0 aliphatic carbocycles. The lowest BCUT2D eigenvalue weighted by atomic mass is 10.1. The minimum atomic E-state index is -3.71. The van der Waals surface area contributed by atoms with Crippen molar-refractivity contribution in [2.45, 2.75) is 25.3 Å². The Hall–Kier alpha value is -2.09. The minimum absolute atomic E-state index is 0.0550. The van der Waals surface area contributed by atoms with E-state index in [1.807, 2.05) is 13.8 Å². The number of hydrogen-bond donors (Lipinski definition) is 1. The second kappa shape index (κ2) is 9.41. The highest BCUT2D eigenvalue weighted by Gasteiger charge is 2.22. The Bertz CT molecular complexity index is 928. The van der Waals surface area contributed by atoms with Crippen LogP contribution in [0.5, 0.6) is 5.75 Å². The van der Waals surface area contributed by atoms with E-state index < -0.39 is 10.0 Å². The smallest absolute Gasteiger partial charge is 0.251 e. The second-order valence-electron chi connectivity index (χ2n) is 6.85. The number of hydrogen-bond acceptors (Lipinski definition) is 4. The fourth-order valence-electron chi connectivity index (χ4n) is 2.55. The van der Waals surface area contributed by atoms with Crippen LogP contribution in [-0.2, 0) is 16.6 Å². The molecular weight excluding hydrogens is 400 g/mol. The highest BCUT2D eigenvalue weighted by Crippen LogP contribution is 2.25. The van der Waals surface area contributed by atoms with Gasteiger partial charge < -0.3 is 10.1 Å². The molecule has 2 aromatic rings. The molecular formula is C20H25ClN2O4S. The molecule has 0 spiro atoms. The standard InChI is InChI=1S/C20H25ClN2O4S/c1-14(2)12-22-20(24)15-5-10-19(27-4)16(11-15)13-23(3)28(25,26)18-8-6-17(21)7-9-18/h5-11,14H,12-13H2,1-4H3,(H,22,24). The monoisotopic (exact) mass is 424 g/mol. The van der Waals surface area contributed by atoms with Crippen LogP contribution in [-0.4, -0.2) is 39.3 Å². The first kappa shape index (κ1) is 22.2. The highest BCUT2D eigenvalue weighted by atomic mass is 35.5. The van der Waals surface area contributed by atoms with Gasteiger partial charge in [-0.05, 0) is 48.4 Å². The summed E-state index contributed by atoms with van der Waals surface area (Å²) in [5.74, 6) is 0.636.